The molecule has 0 aliphatic carbocycles. The number of carbonyl (C=O) groups excluding carboxylic acids is 2. The number of hydroxylamine groups is 2. The molecule has 2 N–H and O–H groups in total. The first-order valence-electron chi connectivity index (χ1n) is 11.5. The van der Waals surface area contributed by atoms with Gasteiger partial charge < -0.3 is 15.0 Å². The first kappa shape index (κ1) is 24.1. The van der Waals surface area contributed by atoms with Gasteiger partial charge in [0.15, 0.2) is 6.17 Å². The molecule has 0 aromatic heterocycles. The molecule has 182 valence electrons. The molecule has 1 aliphatic heterocycles. The summed E-state index contributed by atoms with van der Waals surface area (Å²) in [6.45, 7) is 4.07. The average Bonchev–Trinajstić information content (AvgIpc) is 3.07. The highest BCUT2D eigenvalue weighted by molar-refractivity contribution is 5.98. The summed E-state index contributed by atoms with van der Waals surface area (Å²) in [6.07, 6.45) is -0.422. The number of anilines is 2. The smallest absolute Gasteiger partial charge is 0.347 e. The standard InChI is InChI=1S/C27H30N4O4/c1-27(2)24(31(34)25(32)28-21-13-6-4-7-14-21)30(22-15-8-5-9-16-22)26(33)29(27)19-18-20-12-10-11-17-23(20)35-3/h4-17,24,34H,18-19H2,1-3H3,(H,28,32)/t24-/m0/s1. The summed E-state index contributed by atoms with van der Waals surface area (Å²) in [4.78, 5) is 29.9. The van der Waals surface area contributed by atoms with E-state index in [1.165, 1.54) is 4.90 Å². The third-order valence-electron chi connectivity index (χ3n) is 6.31. The fourth-order valence-corrected chi connectivity index (χ4v) is 4.52. The highest BCUT2D eigenvalue weighted by atomic mass is 16.5. The van der Waals surface area contributed by atoms with E-state index in [1.807, 2.05) is 62.4 Å². The third kappa shape index (κ3) is 4.79. The van der Waals surface area contributed by atoms with Gasteiger partial charge in [0.25, 0.3) is 0 Å². The van der Waals surface area contributed by atoms with Gasteiger partial charge in [0.2, 0.25) is 0 Å². The van der Waals surface area contributed by atoms with Gasteiger partial charge in [-0.1, -0.05) is 54.6 Å². The second kappa shape index (κ2) is 10.1. The van der Waals surface area contributed by atoms with Crippen molar-refractivity contribution in [2.45, 2.75) is 32.0 Å². The Morgan fingerprint density at radius 1 is 1.00 bits per heavy atom. The molecule has 1 aliphatic rings. The molecular formula is C27H30N4O4. The number of hydrogen-bond acceptors (Lipinski definition) is 4. The number of methoxy groups -OCH3 is 1. The summed E-state index contributed by atoms with van der Waals surface area (Å²) >= 11 is 0. The Morgan fingerprint density at radius 2 is 1.60 bits per heavy atom. The van der Waals surface area contributed by atoms with Crippen LogP contribution in [0.2, 0.25) is 0 Å². The lowest BCUT2D eigenvalue weighted by Gasteiger charge is -2.38. The number of carbonyl (C=O) groups is 2. The fourth-order valence-electron chi connectivity index (χ4n) is 4.52. The predicted octanol–water partition coefficient (Wildman–Crippen LogP) is 5.21. The number of nitrogens with zero attached hydrogens (tertiary/aromatic N) is 3. The molecule has 0 bridgehead atoms. The van der Waals surface area contributed by atoms with Crippen LogP contribution in [-0.4, -0.2) is 52.6 Å². The van der Waals surface area contributed by atoms with E-state index in [9.17, 15) is 14.8 Å². The number of ether oxygens (including phenoxy) is 1. The maximum atomic E-state index is 13.7. The van der Waals surface area contributed by atoms with Crippen molar-refractivity contribution in [1.29, 1.82) is 0 Å². The summed E-state index contributed by atoms with van der Waals surface area (Å²) in [7, 11) is 1.62. The van der Waals surface area contributed by atoms with E-state index in [2.05, 4.69) is 5.32 Å². The van der Waals surface area contributed by atoms with Crippen LogP contribution in [0.3, 0.4) is 0 Å². The molecule has 1 saturated heterocycles. The Hall–Kier alpha value is -4.04. The third-order valence-corrected chi connectivity index (χ3v) is 6.31. The quantitative estimate of drug-likeness (QED) is 0.364. The molecule has 8 heteroatoms. The van der Waals surface area contributed by atoms with Crippen LogP contribution in [0.4, 0.5) is 21.0 Å². The van der Waals surface area contributed by atoms with Crippen molar-refractivity contribution in [2.75, 3.05) is 23.9 Å². The zero-order valence-electron chi connectivity index (χ0n) is 20.1. The number of nitrogens with one attached hydrogen (secondary N) is 1. The number of urea groups is 2. The van der Waals surface area contributed by atoms with Crippen molar-refractivity contribution in [3.8, 4) is 5.75 Å². The van der Waals surface area contributed by atoms with E-state index >= 15 is 0 Å². The highest BCUT2D eigenvalue weighted by Gasteiger charge is 2.55. The van der Waals surface area contributed by atoms with Crippen LogP contribution in [0.5, 0.6) is 5.75 Å². The molecule has 0 spiro atoms. The van der Waals surface area contributed by atoms with Gasteiger partial charge in [0, 0.05) is 17.9 Å². The first-order chi connectivity index (χ1) is 16.8. The second-order valence-corrected chi connectivity index (χ2v) is 8.87. The van der Waals surface area contributed by atoms with Gasteiger partial charge in [-0.25, -0.2) is 9.59 Å². The number of amides is 4. The zero-order valence-corrected chi connectivity index (χ0v) is 20.1. The molecule has 0 radical (unpaired) electrons. The van der Waals surface area contributed by atoms with E-state index in [-0.39, 0.29) is 6.03 Å². The second-order valence-electron chi connectivity index (χ2n) is 8.87. The number of rotatable bonds is 7. The summed E-state index contributed by atoms with van der Waals surface area (Å²) in [6, 6.07) is 24.6. The molecule has 4 amide bonds. The number of hydrogen-bond donors (Lipinski definition) is 2. The molecule has 8 nitrogen and oxygen atoms in total. The molecule has 4 rings (SSSR count). The Morgan fingerprint density at radius 3 is 2.26 bits per heavy atom. The maximum Gasteiger partial charge on any atom is 0.347 e. The Labute approximate surface area is 205 Å². The number of para-hydroxylation sites is 3. The van der Waals surface area contributed by atoms with Gasteiger partial charge in [-0.3, -0.25) is 10.1 Å². The predicted molar refractivity (Wildman–Crippen MR) is 135 cm³/mol. The SMILES string of the molecule is COc1ccccc1CCN1C(=O)N(c2ccccc2)[C@@H](N(O)C(=O)Nc2ccccc2)C1(C)C. The van der Waals surface area contributed by atoms with Crippen LogP contribution in [0, 0.1) is 0 Å². The molecular weight excluding hydrogens is 444 g/mol. The minimum atomic E-state index is -0.973. The lowest BCUT2D eigenvalue weighted by molar-refractivity contribution is -0.0947. The van der Waals surface area contributed by atoms with Crippen molar-refractivity contribution >= 4 is 23.4 Å². The minimum Gasteiger partial charge on any atom is -0.496 e. The molecule has 0 saturated carbocycles. The van der Waals surface area contributed by atoms with Gasteiger partial charge >= 0.3 is 12.1 Å². The summed E-state index contributed by atoms with van der Waals surface area (Å²) < 4.78 is 5.46. The zero-order chi connectivity index (χ0) is 25.0. The van der Waals surface area contributed by atoms with E-state index in [0.717, 1.165) is 11.3 Å². The van der Waals surface area contributed by atoms with Crippen LogP contribution in [-0.2, 0) is 6.42 Å². The van der Waals surface area contributed by atoms with Crippen LogP contribution < -0.4 is 15.0 Å². The van der Waals surface area contributed by atoms with Gasteiger partial charge in [-0.05, 0) is 56.2 Å². The summed E-state index contributed by atoms with van der Waals surface area (Å²) in [5.74, 6) is 0.749. The topological polar surface area (TPSA) is 85.3 Å². The average molecular weight is 475 g/mol. The van der Waals surface area contributed by atoms with Crippen molar-refractivity contribution in [3.05, 3.63) is 90.5 Å². The normalized spacial score (nSPS) is 16.8. The fraction of sp³-hybridized carbons (Fsp3) is 0.259. The Bertz CT molecular complexity index is 1170. The molecule has 1 heterocycles. The Balaban J connectivity index is 1.64. The lowest BCUT2D eigenvalue weighted by Crippen LogP contribution is -2.58. The van der Waals surface area contributed by atoms with E-state index in [0.29, 0.717) is 29.4 Å². The van der Waals surface area contributed by atoms with E-state index in [1.54, 1.807) is 48.4 Å². The molecule has 3 aromatic carbocycles. The van der Waals surface area contributed by atoms with E-state index < -0.39 is 17.7 Å². The van der Waals surface area contributed by atoms with Crippen LogP contribution in [0.25, 0.3) is 0 Å². The summed E-state index contributed by atoms with van der Waals surface area (Å²) in [5, 5.41) is 14.4. The molecule has 1 fully saturated rings. The molecule has 35 heavy (non-hydrogen) atoms. The maximum absolute atomic E-state index is 13.7. The van der Waals surface area contributed by atoms with Gasteiger partial charge in [0.05, 0.1) is 12.6 Å². The van der Waals surface area contributed by atoms with E-state index in [4.69, 9.17) is 4.74 Å². The molecule has 1 atom stereocenters. The van der Waals surface area contributed by atoms with Gasteiger partial charge in [0.1, 0.15) is 5.75 Å². The lowest BCUT2D eigenvalue weighted by atomic mass is 9.99. The van der Waals surface area contributed by atoms with Crippen molar-refractivity contribution in [2.24, 2.45) is 0 Å². The molecule has 3 aromatic rings. The first-order valence-corrected chi connectivity index (χ1v) is 11.5. The number of benzene rings is 3. The van der Waals surface area contributed by atoms with Crippen molar-refractivity contribution in [3.63, 3.8) is 0 Å². The van der Waals surface area contributed by atoms with Crippen LogP contribution in [0.15, 0.2) is 84.9 Å². The van der Waals surface area contributed by atoms with Crippen molar-refractivity contribution < 1.29 is 19.5 Å². The van der Waals surface area contributed by atoms with Crippen molar-refractivity contribution in [1.82, 2.24) is 9.96 Å². The largest absolute Gasteiger partial charge is 0.496 e. The summed E-state index contributed by atoms with van der Waals surface area (Å²) in [5.41, 5.74) is 1.17. The Kier molecular flexibility index (Phi) is 6.93. The molecule has 0 unspecified atom stereocenters. The van der Waals surface area contributed by atoms with Crippen LogP contribution in [0.1, 0.15) is 19.4 Å². The van der Waals surface area contributed by atoms with Gasteiger partial charge in [-0.15, -0.1) is 0 Å². The van der Waals surface area contributed by atoms with Crippen LogP contribution >= 0.6 is 0 Å². The minimum absolute atomic E-state index is 0.298. The highest BCUT2D eigenvalue weighted by Crippen LogP contribution is 2.38. The monoisotopic (exact) mass is 474 g/mol. The van der Waals surface area contributed by atoms with Gasteiger partial charge in [-0.2, -0.15) is 5.06 Å².